The van der Waals surface area contributed by atoms with Crippen LogP contribution in [0.4, 0.5) is 5.69 Å². The third-order valence-corrected chi connectivity index (χ3v) is 5.87. The van der Waals surface area contributed by atoms with E-state index in [0.29, 0.717) is 22.6 Å². The van der Waals surface area contributed by atoms with Crippen molar-refractivity contribution in [2.45, 2.75) is 19.9 Å². The topological polar surface area (TPSA) is 96.3 Å². The number of phenols is 1. The molecule has 174 valence electrons. The first kappa shape index (κ1) is 22.9. The van der Waals surface area contributed by atoms with Gasteiger partial charge in [-0.1, -0.05) is 30.3 Å². The van der Waals surface area contributed by atoms with Gasteiger partial charge in [-0.15, -0.1) is 0 Å². The summed E-state index contributed by atoms with van der Waals surface area (Å²) >= 11 is 0. The van der Waals surface area contributed by atoms with Gasteiger partial charge < -0.3 is 19.7 Å². The Morgan fingerprint density at radius 3 is 2.35 bits per heavy atom. The molecule has 3 aromatic carbocycles. The fourth-order valence-corrected chi connectivity index (χ4v) is 4.42. The molecule has 0 saturated carbocycles. The van der Waals surface area contributed by atoms with Crippen LogP contribution in [0.1, 0.15) is 28.3 Å². The summed E-state index contributed by atoms with van der Waals surface area (Å²) in [6.07, 6.45) is 0. The molecule has 7 heteroatoms. The second-order valence-electron chi connectivity index (χ2n) is 8.10. The summed E-state index contributed by atoms with van der Waals surface area (Å²) in [6, 6.07) is 15.8. The number of phenolic OH excluding ortho intramolecular Hbond substituents is 1. The van der Waals surface area contributed by atoms with E-state index in [-0.39, 0.29) is 22.8 Å². The van der Waals surface area contributed by atoms with E-state index >= 15 is 0 Å². The van der Waals surface area contributed by atoms with Crippen molar-refractivity contribution in [3.63, 3.8) is 0 Å². The minimum absolute atomic E-state index is 0.107. The zero-order chi connectivity index (χ0) is 24.6. The lowest BCUT2D eigenvalue weighted by Crippen LogP contribution is -2.29. The van der Waals surface area contributed by atoms with Crippen molar-refractivity contribution in [1.82, 2.24) is 0 Å². The lowest BCUT2D eigenvalue weighted by atomic mass is 9.93. The Hall–Kier alpha value is -4.26. The van der Waals surface area contributed by atoms with Gasteiger partial charge in [0.15, 0.2) is 0 Å². The Bertz CT molecular complexity index is 1330. The Balaban J connectivity index is 2.04. The largest absolute Gasteiger partial charge is 0.507 e. The molecule has 34 heavy (non-hydrogen) atoms. The number of anilines is 1. The maximum atomic E-state index is 13.4. The molecule has 0 spiro atoms. The van der Waals surface area contributed by atoms with Gasteiger partial charge in [0.05, 0.1) is 37.1 Å². The van der Waals surface area contributed by atoms with Gasteiger partial charge in [-0.2, -0.15) is 0 Å². The summed E-state index contributed by atoms with van der Waals surface area (Å²) in [4.78, 5) is 27.8. The van der Waals surface area contributed by atoms with Crippen LogP contribution in [0.3, 0.4) is 0 Å². The van der Waals surface area contributed by atoms with Gasteiger partial charge in [0.25, 0.3) is 11.7 Å². The second kappa shape index (κ2) is 8.94. The Labute approximate surface area is 197 Å². The van der Waals surface area contributed by atoms with Gasteiger partial charge in [0.2, 0.25) is 0 Å². The monoisotopic (exact) mass is 459 g/mol. The molecule has 0 aromatic heterocycles. The van der Waals surface area contributed by atoms with Crippen molar-refractivity contribution in [2.24, 2.45) is 0 Å². The number of aliphatic hydroxyl groups excluding tert-OH is 1. The van der Waals surface area contributed by atoms with Gasteiger partial charge in [0, 0.05) is 0 Å². The number of amides is 1. The van der Waals surface area contributed by atoms with Gasteiger partial charge in [-0.3, -0.25) is 14.5 Å². The minimum atomic E-state index is -1.01. The summed E-state index contributed by atoms with van der Waals surface area (Å²) < 4.78 is 10.9. The number of ketones is 1. The average molecular weight is 459 g/mol. The van der Waals surface area contributed by atoms with E-state index < -0.39 is 17.7 Å². The number of nitrogens with zero attached hydrogens (tertiary/aromatic N) is 1. The number of benzene rings is 3. The van der Waals surface area contributed by atoms with Crippen LogP contribution in [0.15, 0.2) is 66.2 Å². The first-order valence-electron chi connectivity index (χ1n) is 10.7. The molecule has 1 atom stereocenters. The molecule has 7 nitrogen and oxygen atoms in total. The number of para-hydroxylation sites is 2. The number of hydrogen-bond acceptors (Lipinski definition) is 6. The predicted molar refractivity (Wildman–Crippen MR) is 128 cm³/mol. The van der Waals surface area contributed by atoms with E-state index in [1.165, 1.54) is 25.2 Å². The van der Waals surface area contributed by atoms with E-state index in [1.54, 1.807) is 48.5 Å². The van der Waals surface area contributed by atoms with E-state index in [2.05, 4.69) is 0 Å². The summed E-state index contributed by atoms with van der Waals surface area (Å²) in [5.41, 5.74) is 2.52. The molecule has 1 aliphatic heterocycles. The number of carbonyl (C=O) groups is 2. The van der Waals surface area contributed by atoms with Crippen LogP contribution in [-0.2, 0) is 9.59 Å². The standard InChI is InChI=1S/C27H25NO6/c1-15-12-16(2)26(34-4)19(13-15)24(30)22-23(17-8-7-9-18(14-17)33-3)28(27(32)25(22)31)20-10-5-6-11-21(20)29/h5-14,23,29-30H,1-4H3/b24-22+. The van der Waals surface area contributed by atoms with Crippen LogP contribution in [0.2, 0.25) is 0 Å². The number of methoxy groups -OCH3 is 2. The third-order valence-electron chi connectivity index (χ3n) is 5.87. The van der Waals surface area contributed by atoms with Crippen LogP contribution in [0.5, 0.6) is 17.2 Å². The number of aryl methyl sites for hydroxylation is 2. The molecule has 0 aliphatic carbocycles. The molecular weight excluding hydrogens is 434 g/mol. The van der Waals surface area contributed by atoms with Crippen LogP contribution < -0.4 is 14.4 Å². The fourth-order valence-electron chi connectivity index (χ4n) is 4.42. The summed E-state index contributed by atoms with van der Waals surface area (Å²) in [7, 11) is 2.99. The Kier molecular flexibility index (Phi) is 6.03. The first-order chi connectivity index (χ1) is 16.3. The number of hydrogen-bond donors (Lipinski definition) is 2. The normalized spacial score (nSPS) is 17.2. The van der Waals surface area contributed by atoms with E-state index in [0.717, 1.165) is 11.1 Å². The summed E-state index contributed by atoms with van der Waals surface area (Å²) in [5, 5.41) is 22.0. The van der Waals surface area contributed by atoms with Gasteiger partial charge in [0.1, 0.15) is 23.0 Å². The van der Waals surface area contributed by atoms with Crippen molar-refractivity contribution in [3.8, 4) is 17.2 Å². The molecule has 1 amide bonds. The minimum Gasteiger partial charge on any atom is -0.507 e. The highest BCUT2D eigenvalue weighted by atomic mass is 16.5. The van der Waals surface area contributed by atoms with E-state index in [9.17, 15) is 19.8 Å². The Morgan fingerprint density at radius 2 is 1.68 bits per heavy atom. The highest BCUT2D eigenvalue weighted by Crippen LogP contribution is 2.46. The number of rotatable bonds is 5. The zero-order valence-electron chi connectivity index (χ0n) is 19.3. The van der Waals surface area contributed by atoms with Crippen LogP contribution in [-0.4, -0.2) is 36.1 Å². The number of carbonyl (C=O) groups excluding carboxylic acids is 2. The van der Waals surface area contributed by atoms with Crippen molar-refractivity contribution >= 4 is 23.1 Å². The van der Waals surface area contributed by atoms with Crippen LogP contribution in [0, 0.1) is 13.8 Å². The molecule has 1 aliphatic rings. The molecule has 1 saturated heterocycles. The molecule has 1 heterocycles. The maximum absolute atomic E-state index is 13.4. The van der Waals surface area contributed by atoms with Gasteiger partial charge in [-0.05, 0) is 60.9 Å². The summed E-state index contributed by atoms with van der Waals surface area (Å²) in [6.45, 7) is 3.70. The van der Waals surface area contributed by atoms with Gasteiger partial charge >= 0.3 is 0 Å². The van der Waals surface area contributed by atoms with E-state index in [1.807, 2.05) is 19.9 Å². The van der Waals surface area contributed by atoms with Crippen molar-refractivity contribution < 1.29 is 29.3 Å². The van der Waals surface area contributed by atoms with Crippen LogP contribution in [0.25, 0.3) is 5.76 Å². The van der Waals surface area contributed by atoms with Crippen molar-refractivity contribution in [2.75, 3.05) is 19.1 Å². The Morgan fingerprint density at radius 1 is 0.941 bits per heavy atom. The molecule has 2 N–H and O–H groups in total. The molecule has 4 rings (SSSR count). The summed E-state index contributed by atoms with van der Waals surface area (Å²) in [5.74, 6) is -1.33. The lowest BCUT2D eigenvalue weighted by Gasteiger charge is -2.26. The van der Waals surface area contributed by atoms with Crippen molar-refractivity contribution in [1.29, 1.82) is 0 Å². The average Bonchev–Trinajstić information content (AvgIpc) is 3.09. The van der Waals surface area contributed by atoms with Gasteiger partial charge in [-0.25, -0.2) is 0 Å². The second-order valence-corrected chi connectivity index (χ2v) is 8.10. The SMILES string of the molecule is COc1cccc(C2/C(=C(\O)c3cc(C)cc(C)c3OC)C(=O)C(=O)N2c2ccccc2O)c1. The quantitative estimate of drug-likeness (QED) is 0.328. The molecule has 1 unspecified atom stereocenters. The number of aliphatic hydroxyl groups is 1. The smallest absolute Gasteiger partial charge is 0.300 e. The third kappa shape index (κ3) is 3.75. The zero-order valence-corrected chi connectivity index (χ0v) is 19.3. The fraction of sp³-hybridized carbons (Fsp3) is 0.185. The molecular formula is C27H25NO6. The maximum Gasteiger partial charge on any atom is 0.300 e. The van der Waals surface area contributed by atoms with Crippen molar-refractivity contribution in [3.05, 3.63) is 88.5 Å². The lowest BCUT2D eigenvalue weighted by molar-refractivity contribution is -0.132. The predicted octanol–water partition coefficient (Wildman–Crippen LogP) is 4.65. The molecule has 0 bridgehead atoms. The number of aromatic hydroxyl groups is 1. The number of ether oxygens (including phenoxy) is 2. The molecule has 1 fully saturated rings. The van der Waals surface area contributed by atoms with E-state index in [4.69, 9.17) is 9.47 Å². The molecule has 3 aromatic rings. The highest BCUT2D eigenvalue weighted by Gasteiger charge is 2.48. The van der Waals surface area contributed by atoms with Crippen LogP contribution >= 0.6 is 0 Å². The molecule has 0 radical (unpaired) electrons. The number of Topliss-reactive ketones (excluding diaryl/α,β-unsaturated/α-hetero) is 1. The highest BCUT2D eigenvalue weighted by molar-refractivity contribution is 6.52. The first-order valence-corrected chi connectivity index (χ1v) is 10.7.